The van der Waals surface area contributed by atoms with Crippen LogP contribution in [-0.2, 0) is 12.8 Å². The smallest absolute Gasteiger partial charge is 0.0255 e. The van der Waals surface area contributed by atoms with Crippen molar-refractivity contribution in [2.75, 3.05) is 0 Å². The zero-order chi connectivity index (χ0) is 18.2. The molecule has 0 N–H and O–H groups in total. The van der Waals surface area contributed by atoms with Crippen LogP contribution in [0.2, 0.25) is 0 Å². The molecule has 3 aromatic carbocycles. The molecule has 0 heterocycles. The topological polar surface area (TPSA) is 0 Å². The molecule has 0 bridgehead atoms. The molecule has 3 rings (SSSR count). The summed E-state index contributed by atoms with van der Waals surface area (Å²) in [6, 6.07) is 21.9. The molecule has 0 spiro atoms. The molecule has 0 aliphatic rings. The van der Waals surface area contributed by atoms with Crippen molar-refractivity contribution in [3.63, 3.8) is 0 Å². The summed E-state index contributed by atoms with van der Waals surface area (Å²) < 4.78 is 0. The minimum atomic E-state index is 1.07. The SMILES string of the molecule is CCCCCCc1ccc2cc(C#Cc3ccc(CC)cc3)ccc2c1. The molecule has 0 radical (unpaired) electrons. The second-order valence-electron chi connectivity index (χ2n) is 7.01. The Kier molecular flexibility index (Phi) is 6.50. The van der Waals surface area contributed by atoms with Crippen LogP contribution >= 0.6 is 0 Å². The number of rotatable bonds is 6. The van der Waals surface area contributed by atoms with Gasteiger partial charge < -0.3 is 0 Å². The monoisotopic (exact) mass is 340 g/mol. The van der Waals surface area contributed by atoms with Crippen LogP contribution in [0.4, 0.5) is 0 Å². The molecular formula is C26H28. The Morgan fingerprint density at radius 1 is 0.615 bits per heavy atom. The van der Waals surface area contributed by atoms with Crippen LogP contribution < -0.4 is 0 Å². The van der Waals surface area contributed by atoms with Gasteiger partial charge in [-0.15, -0.1) is 0 Å². The summed E-state index contributed by atoms with van der Waals surface area (Å²) >= 11 is 0. The van der Waals surface area contributed by atoms with Gasteiger partial charge in [0.1, 0.15) is 0 Å². The third-order valence-corrected chi connectivity index (χ3v) is 4.94. The summed E-state index contributed by atoms with van der Waals surface area (Å²) in [5.41, 5.74) is 4.95. The third-order valence-electron chi connectivity index (χ3n) is 4.94. The Bertz CT molecular complexity index is 904. The van der Waals surface area contributed by atoms with Gasteiger partial charge >= 0.3 is 0 Å². The molecular weight excluding hydrogens is 312 g/mol. The normalized spacial score (nSPS) is 10.5. The maximum Gasteiger partial charge on any atom is 0.0255 e. The van der Waals surface area contributed by atoms with Gasteiger partial charge in [0.05, 0.1) is 0 Å². The Morgan fingerprint density at radius 2 is 1.27 bits per heavy atom. The fourth-order valence-corrected chi connectivity index (χ4v) is 3.25. The largest absolute Gasteiger partial charge is 0.0654 e. The van der Waals surface area contributed by atoms with Crippen LogP contribution in [0.25, 0.3) is 10.8 Å². The first-order chi connectivity index (χ1) is 12.8. The van der Waals surface area contributed by atoms with Crippen molar-refractivity contribution in [1.29, 1.82) is 0 Å². The Balaban J connectivity index is 1.72. The predicted molar refractivity (Wildman–Crippen MR) is 114 cm³/mol. The molecule has 0 nitrogen and oxygen atoms in total. The Morgan fingerprint density at radius 3 is 2.04 bits per heavy atom. The summed E-state index contributed by atoms with van der Waals surface area (Å²) in [4.78, 5) is 0. The predicted octanol–water partition coefficient (Wildman–Crippen LogP) is 6.92. The van der Waals surface area contributed by atoms with E-state index in [4.69, 9.17) is 0 Å². The summed E-state index contributed by atoms with van der Waals surface area (Å²) in [6.45, 7) is 4.43. The second kappa shape index (κ2) is 9.25. The summed E-state index contributed by atoms with van der Waals surface area (Å²) in [6.07, 6.45) is 7.52. The quantitative estimate of drug-likeness (QED) is 0.337. The molecule has 0 aliphatic carbocycles. The van der Waals surface area contributed by atoms with Gasteiger partial charge in [0.15, 0.2) is 0 Å². The van der Waals surface area contributed by atoms with E-state index < -0.39 is 0 Å². The van der Waals surface area contributed by atoms with E-state index in [1.807, 2.05) is 0 Å². The average Bonchev–Trinajstić information content (AvgIpc) is 2.70. The van der Waals surface area contributed by atoms with E-state index in [1.54, 1.807) is 0 Å². The number of hydrogen-bond donors (Lipinski definition) is 0. The third kappa shape index (κ3) is 4.99. The highest BCUT2D eigenvalue weighted by Crippen LogP contribution is 2.19. The van der Waals surface area contributed by atoms with E-state index in [9.17, 15) is 0 Å². The molecule has 3 aromatic rings. The van der Waals surface area contributed by atoms with Crippen LogP contribution in [0.15, 0.2) is 60.7 Å². The molecule has 0 heteroatoms. The zero-order valence-corrected chi connectivity index (χ0v) is 16.0. The van der Waals surface area contributed by atoms with Crippen molar-refractivity contribution < 1.29 is 0 Å². The van der Waals surface area contributed by atoms with Crippen molar-refractivity contribution in [3.8, 4) is 11.8 Å². The van der Waals surface area contributed by atoms with E-state index in [-0.39, 0.29) is 0 Å². The van der Waals surface area contributed by atoms with Crippen LogP contribution in [-0.4, -0.2) is 0 Å². The highest BCUT2D eigenvalue weighted by molar-refractivity contribution is 5.84. The van der Waals surface area contributed by atoms with E-state index in [0.29, 0.717) is 0 Å². The number of hydrogen-bond acceptors (Lipinski definition) is 0. The van der Waals surface area contributed by atoms with E-state index >= 15 is 0 Å². The van der Waals surface area contributed by atoms with Crippen molar-refractivity contribution in [1.82, 2.24) is 0 Å². The maximum absolute atomic E-state index is 3.30. The van der Waals surface area contributed by atoms with E-state index in [2.05, 4.69) is 86.4 Å². The average molecular weight is 341 g/mol. The Hall–Kier alpha value is -2.52. The standard InChI is InChI=1S/C26H28/c1-3-5-6-7-8-23-15-17-26-20-24(16-18-25(26)19-23)14-13-22-11-9-21(4-2)10-12-22/h9-12,15-20H,3-8H2,1-2H3. The first-order valence-electron chi connectivity index (χ1n) is 9.92. The molecule has 132 valence electrons. The lowest BCUT2D eigenvalue weighted by Gasteiger charge is -2.04. The maximum atomic E-state index is 3.30. The van der Waals surface area contributed by atoms with Gasteiger partial charge in [-0.1, -0.05) is 81.3 Å². The van der Waals surface area contributed by atoms with Gasteiger partial charge in [-0.3, -0.25) is 0 Å². The lowest BCUT2D eigenvalue weighted by atomic mass is 10.0. The summed E-state index contributed by atoms with van der Waals surface area (Å²) in [5.74, 6) is 6.58. The molecule has 0 amide bonds. The first-order valence-corrected chi connectivity index (χ1v) is 9.92. The van der Waals surface area contributed by atoms with Gasteiger partial charge in [0.2, 0.25) is 0 Å². The molecule has 0 aromatic heterocycles. The van der Waals surface area contributed by atoms with E-state index in [1.165, 1.54) is 54.0 Å². The summed E-state index contributed by atoms with van der Waals surface area (Å²) in [5, 5.41) is 2.59. The number of unbranched alkanes of at least 4 members (excludes halogenated alkanes) is 3. The van der Waals surface area contributed by atoms with Crippen molar-refractivity contribution in [2.24, 2.45) is 0 Å². The van der Waals surface area contributed by atoms with Gasteiger partial charge in [-0.05, 0) is 65.4 Å². The van der Waals surface area contributed by atoms with Gasteiger partial charge in [-0.2, -0.15) is 0 Å². The summed E-state index contributed by atoms with van der Waals surface area (Å²) in [7, 11) is 0. The Labute approximate surface area is 158 Å². The van der Waals surface area contributed by atoms with Crippen LogP contribution in [0, 0.1) is 11.8 Å². The van der Waals surface area contributed by atoms with Gasteiger partial charge in [0, 0.05) is 11.1 Å². The van der Waals surface area contributed by atoms with Crippen LogP contribution in [0.5, 0.6) is 0 Å². The number of benzene rings is 3. The van der Waals surface area contributed by atoms with Gasteiger partial charge in [0.25, 0.3) is 0 Å². The van der Waals surface area contributed by atoms with Crippen LogP contribution in [0.3, 0.4) is 0 Å². The molecule has 0 atom stereocenters. The zero-order valence-electron chi connectivity index (χ0n) is 16.0. The highest BCUT2D eigenvalue weighted by Gasteiger charge is 1.99. The molecule has 0 aliphatic heterocycles. The first kappa shape index (κ1) is 18.3. The van der Waals surface area contributed by atoms with Crippen molar-refractivity contribution >= 4 is 10.8 Å². The fourth-order valence-electron chi connectivity index (χ4n) is 3.25. The second-order valence-corrected chi connectivity index (χ2v) is 7.01. The number of aryl methyl sites for hydroxylation is 2. The molecule has 26 heavy (non-hydrogen) atoms. The van der Waals surface area contributed by atoms with Gasteiger partial charge in [-0.25, -0.2) is 0 Å². The van der Waals surface area contributed by atoms with Crippen molar-refractivity contribution in [2.45, 2.75) is 52.4 Å². The fraction of sp³-hybridized carbons (Fsp3) is 0.308. The lowest BCUT2D eigenvalue weighted by molar-refractivity contribution is 0.667. The highest BCUT2D eigenvalue weighted by atomic mass is 14.0. The van der Waals surface area contributed by atoms with Crippen molar-refractivity contribution in [3.05, 3.63) is 82.9 Å². The minimum absolute atomic E-state index is 1.07. The molecule has 0 unspecified atom stereocenters. The van der Waals surface area contributed by atoms with Crippen LogP contribution in [0.1, 0.15) is 61.8 Å². The van der Waals surface area contributed by atoms with E-state index in [0.717, 1.165) is 17.5 Å². The molecule has 0 saturated carbocycles. The molecule has 0 saturated heterocycles. The lowest BCUT2D eigenvalue weighted by Crippen LogP contribution is -1.87. The number of fused-ring (bicyclic) bond motifs is 1. The minimum Gasteiger partial charge on any atom is -0.0654 e. The molecule has 0 fully saturated rings.